The number of aliphatic hydroxyl groups is 1. The van der Waals surface area contributed by atoms with E-state index in [-0.39, 0.29) is 25.3 Å². The van der Waals surface area contributed by atoms with E-state index in [9.17, 15) is 14.7 Å². The molecule has 2 rings (SSSR count). The van der Waals surface area contributed by atoms with E-state index in [1.54, 1.807) is 7.11 Å². The third kappa shape index (κ3) is 3.72. The van der Waals surface area contributed by atoms with Gasteiger partial charge in [-0.3, -0.25) is 4.79 Å². The number of methoxy groups -OCH3 is 1. The molecule has 0 aliphatic carbocycles. The lowest BCUT2D eigenvalue weighted by molar-refractivity contribution is -0.148. The van der Waals surface area contributed by atoms with Gasteiger partial charge in [-0.15, -0.1) is 0 Å². The molecule has 1 saturated heterocycles. The fraction of sp³-hybridized carbons (Fsp3) is 0.467. The maximum absolute atomic E-state index is 12.1. The number of aryl methyl sites for hydroxylation is 1. The molecule has 114 valence electrons. The number of amides is 1. The average Bonchev–Trinajstić information content (AvgIpc) is 2.87. The molecule has 0 unspecified atom stereocenters. The molecule has 2 atom stereocenters. The molecule has 0 saturated carbocycles. The number of carbonyl (C=O) groups excluding carboxylic acids is 1. The summed E-state index contributed by atoms with van der Waals surface area (Å²) in [5, 5.41) is 18.6. The third-order valence-corrected chi connectivity index (χ3v) is 3.67. The number of ether oxygens (including phenoxy) is 1. The Bertz CT molecular complexity index is 513. The normalized spacial score (nSPS) is 21.3. The zero-order chi connectivity index (χ0) is 15.4. The number of carboxylic acid groups (broad SMARTS) is 1. The smallest absolute Gasteiger partial charge is 0.326 e. The SMILES string of the molecule is COc1ccc(CCC(=O)N2C[C@H](O)C[C@H]2C(=O)O)cc1. The van der Waals surface area contributed by atoms with Gasteiger partial charge in [-0.05, 0) is 24.1 Å². The summed E-state index contributed by atoms with van der Waals surface area (Å²) in [4.78, 5) is 24.5. The largest absolute Gasteiger partial charge is 0.497 e. The Morgan fingerprint density at radius 3 is 2.57 bits per heavy atom. The number of carboxylic acids is 1. The monoisotopic (exact) mass is 293 g/mol. The van der Waals surface area contributed by atoms with Crippen molar-refractivity contribution < 1.29 is 24.5 Å². The zero-order valence-electron chi connectivity index (χ0n) is 11.9. The predicted molar refractivity (Wildman–Crippen MR) is 75.1 cm³/mol. The van der Waals surface area contributed by atoms with Crippen LogP contribution in [0.15, 0.2) is 24.3 Å². The number of benzene rings is 1. The summed E-state index contributed by atoms with van der Waals surface area (Å²) in [6.45, 7) is 0.0956. The molecule has 0 spiro atoms. The van der Waals surface area contributed by atoms with Crippen LogP contribution in [0.5, 0.6) is 5.75 Å². The lowest BCUT2D eigenvalue weighted by Gasteiger charge is -2.21. The van der Waals surface area contributed by atoms with Crippen LogP contribution in [0.1, 0.15) is 18.4 Å². The number of hydrogen-bond acceptors (Lipinski definition) is 4. The van der Waals surface area contributed by atoms with E-state index in [1.165, 1.54) is 4.90 Å². The van der Waals surface area contributed by atoms with Gasteiger partial charge in [-0.25, -0.2) is 4.79 Å². The van der Waals surface area contributed by atoms with Crippen LogP contribution in [0.3, 0.4) is 0 Å². The fourth-order valence-corrected chi connectivity index (χ4v) is 2.51. The van der Waals surface area contributed by atoms with Crippen molar-refractivity contribution in [2.45, 2.75) is 31.4 Å². The summed E-state index contributed by atoms with van der Waals surface area (Å²) >= 11 is 0. The first-order chi connectivity index (χ1) is 10.0. The lowest BCUT2D eigenvalue weighted by Crippen LogP contribution is -2.40. The minimum absolute atomic E-state index is 0.0956. The summed E-state index contributed by atoms with van der Waals surface area (Å²) in [5.74, 6) is -0.558. The Hall–Kier alpha value is -2.08. The first-order valence-electron chi connectivity index (χ1n) is 6.84. The van der Waals surface area contributed by atoms with Crippen molar-refractivity contribution in [2.24, 2.45) is 0 Å². The van der Waals surface area contributed by atoms with Crippen molar-refractivity contribution in [2.75, 3.05) is 13.7 Å². The fourth-order valence-electron chi connectivity index (χ4n) is 2.51. The molecule has 1 aliphatic rings. The highest BCUT2D eigenvalue weighted by molar-refractivity contribution is 5.84. The molecule has 1 aromatic rings. The molecule has 0 aromatic heterocycles. The van der Waals surface area contributed by atoms with Crippen molar-refractivity contribution in [3.63, 3.8) is 0 Å². The Morgan fingerprint density at radius 2 is 2.00 bits per heavy atom. The van der Waals surface area contributed by atoms with Crippen molar-refractivity contribution in [3.8, 4) is 5.75 Å². The van der Waals surface area contributed by atoms with Gasteiger partial charge in [-0.1, -0.05) is 12.1 Å². The second-order valence-corrected chi connectivity index (χ2v) is 5.14. The summed E-state index contributed by atoms with van der Waals surface area (Å²) in [5.41, 5.74) is 0.982. The molecule has 1 heterocycles. The Kier molecular flexibility index (Phi) is 4.80. The minimum atomic E-state index is -1.07. The highest BCUT2D eigenvalue weighted by Gasteiger charge is 2.38. The van der Waals surface area contributed by atoms with Crippen LogP contribution < -0.4 is 4.74 Å². The maximum Gasteiger partial charge on any atom is 0.326 e. The van der Waals surface area contributed by atoms with Crippen LogP contribution in [-0.4, -0.2) is 52.8 Å². The molecule has 0 radical (unpaired) electrons. The topological polar surface area (TPSA) is 87.1 Å². The van der Waals surface area contributed by atoms with Gasteiger partial charge in [0.1, 0.15) is 11.8 Å². The number of carbonyl (C=O) groups is 2. The van der Waals surface area contributed by atoms with Crippen LogP contribution in [0.2, 0.25) is 0 Å². The molecule has 6 heteroatoms. The minimum Gasteiger partial charge on any atom is -0.497 e. The first kappa shape index (κ1) is 15.3. The van der Waals surface area contributed by atoms with Crippen LogP contribution in [0.25, 0.3) is 0 Å². The molecule has 1 aliphatic heterocycles. The predicted octanol–water partition coefficient (Wildman–Crippen LogP) is 0.674. The van der Waals surface area contributed by atoms with E-state index in [0.29, 0.717) is 6.42 Å². The molecular formula is C15H19NO5. The van der Waals surface area contributed by atoms with Gasteiger partial charge in [0.25, 0.3) is 0 Å². The standard InChI is InChI=1S/C15H19NO5/c1-21-12-5-2-10(3-6-12)4-7-14(18)16-9-11(17)8-13(16)15(19)20/h2-3,5-6,11,13,17H,4,7-9H2,1H3,(H,19,20)/t11-,13+/m1/s1. The van der Waals surface area contributed by atoms with Gasteiger partial charge in [0, 0.05) is 19.4 Å². The highest BCUT2D eigenvalue weighted by Crippen LogP contribution is 2.20. The third-order valence-electron chi connectivity index (χ3n) is 3.67. The van der Waals surface area contributed by atoms with Crippen LogP contribution >= 0.6 is 0 Å². The molecule has 21 heavy (non-hydrogen) atoms. The van der Waals surface area contributed by atoms with E-state index in [1.807, 2.05) is 24.3 Å². The molecule has 1 amide bonds. The second kappa shape index (κ2) is 6.58. The van der Waals surface area contributed by atoms with Crippen molar-refractivity contribution in [1.29, 1.82) is 0 Å². The summed E-state index contributed by atoms with van der Waals surface area (Å²) in [6.07, 6.45) is 0.102. The second-order valence-electron chi connectivity index (χ2n) is 5.14. The van der Waals surface area contributed by atoms with Crippen LogP contribution in [-0.2, 0) is 16.0 Å². The van der Waals surface area contributed by atoms with Crippen molar-refractivity contribution >= 4 is 11.9 Å². The Labute approximate surface area is 122 Å². The number of rotatable bonds is 5. The van der Waals surface area contributed by atoms with Gasteiger partial charge in [0.05, 0.1) is 13.2 Å². The van der Waals surface area contributed by atoms with Gasteiger partial charge in [0.2, 0.25) is 5.91 Å². The molecule has 0 bridgehead atoms. The average molecular weight is 293 g/mol. The maximum atomic E-state index is 12.1. The first-order valence-corrected chi connectivity index (χ1v) is 6.84. The number of nitrogens with zero attached hydrogens (tertiary/aromatic N) is 1. The van der Waals surface area contributed by atoms with Gasteiger partial charge < -0.3 is 19.8 Å². The number of aliphatic carboxylic acids is 1. The molecule has 1 fully saturated rings. The molecule has 2 N–H and O–H groups in total. The van der Waals surface area contributed by atoms with Crippen molar-refractivity contribution in [1.82, 2.24) is 4.90 Å². The number of likely N-dealkylation sites (tertiary alicyclic amines) is 1. The van der Waals surface area contributed by atoms with Crippen molar-refractivity contribution in [3.05, 3.63) is 29.8 Å². The molecule has 6 nitrogen and oxygen atoms in total. The summed E-state index contributed by atoms with van der Waals surface area (Å²) < 4.78 is 5.06. The van der Waals surface area contributed by atoms with Gasteiger partial charge in [0.15, 0.2) is 0 Å². The number of hydrogen-bond donors (Lipinski definition) is 2. The highest BCUT2D eigenvalue weighted by atomic mass is 16.5. The van der Waals surface area contributed by atoms with Gasteiger partial charge >= 0.3 is 5.97 Å². The van der Waals surface area contributed by atoms with E-state index in [4.69, 9.17) is 9.84 Å². The molecular weight excluding hydrogens is 274 g/mol. The Balaban J connectivity index is 1.92. The van der Waals surface area contributed by atoms with Gasteiger partial charge in [-0.2, -0.15) is 0 Å². The lowest BCUT2D eigenvalue weighted by atomic mass is 10.1. The Morgan fingerprint density at radius 1 is 1.33 bits per heavy atom. The van der Waals surface area contributed by atoms with E-state index in [0.717, 1.165) is 11.3 Å². The molecule has 1 aromatic carbocycles. The summed E-state index contributed by atoms with van der Waals surface area (Å²) in [6, 6.07) is 6.47. The van der Waals surface area contributed by atoms with E-state index in [2.05, 4.69) is 0 Å². The quantitative estimate of drug-likeness (QED) is 0.833. The number of aliphatic hydroxyl groups excluding tert-OH is 1. The zero-order valence-corrected chi connectivity index (χ0v) is 11.9. The van der Waals surface area contributed by atoms with Crippen LogP contribution in [0.4, 0.5) is 0 Å². The van der Waals surface area contributed by atoms with E-state index < -0.39 is 18.1 Å². The summed E-state index contributed by atoms with van der Waals surface area (Å²) in [7, 11) is 1.59. The van der Waals surface area contributed by atoms with E-state index >= 15 is 0 Å². The van der Waals surface area contributed by atoms with Crippen LogP contribution in [0, 0.1) is 0 Å². The number of β-amino-alcohol motifs (C(OH)–C–C–N with tert-alkyl or cyclic N) is 1.